The summed E-state index contributed by atoms with van der Waals surface area (Å²) < 4.78 is 0. The molecular weight excluding hydrogens is 114 g/mol. The lowest BCUT2D eigenvalue weighted by Gasteiger charge is -2.19. The average molecular weight is 129 g/mol. The summed E-state index contributed by atoms with van der Waals surface area (Å²) in [5.74, 6) is 0. The highest BCUT2D eigenvalue weighted by Crippen LogP contribution is 2.08. The average Bonchev–Trinajstić information content (AvgIpc) is 1.62. The zero-order chi connectivity index (χ0) is 6.78. The third-order valence-electron chi connectivity index (χ3n) is 1.53. The summed E-state index contributed by atoms with van der Waals surface area (Å²) in [4.78, 5) is 3.97. The van der Waals surface area contributed by atoms with Crippen LogP contribution in [0.3, 0.4) is 0 Å². The van der Waals surface area contributed by atoms with Gasteiger partial charge in [-0.05, 0) is 13.6 Å². The molecule has 1 nitrogen and oxygen atoms in total. The van der Waals surface area contributed by atoms with E-state index in [1.807, 2.05) is 0 Å². The van der Waals surface area contributed by atoms with Crippen LogP contribution in [0.15, 0.2) is 4.99 Å². The van der Waals surface area contributed by atoms with E-state index >= 15 is 0 Å². The summed E-state index contributed by atoms with van der Waals surface area (Å²) >= 11 is 0. The molecule has 2 heteroatoms. The van der Waals surface area contributed by atoms with Crippen LogP contribution >= 0.6 is 0 Å². The molecule has 0 aliphatic rings. The lowest BCUT2D eigenvalue weighted by Crippen LogP contribution is -2.33. The summed E-state index contributed by atoms with van der Waals surface area (Å²) in [6.07, 6.45) is 0. The third kappa shape index (κ3) is 2.26. The zero-order valence-electron chi connectivity index (χ0n) is 6.23. The van der Waals surface area contributed by atoms with Crippen molar-refractivity contribution in [3.8, 4) is 0 Å². The fourth-order valence-electron chi connectivity index (χ4n) is 0.274. The van der Waals surface area contributed by atoms with Crippen molar-refractivity contribution in [3.05, 3.63) is 0 Å². The van der Waals surface area contributed by atoms with Gasteiger partial charge < -0.3 is 4.99 Å². The normalized spacial score (nSPS) is 15.5. The lowest BCUT2D eigenvalue weighted by atomic mass is 10.8. The standard InChI is InChI=1S/C6H15NSi/c1-6(7-2)8(3,4)5/h6H,2H2,1,3-5H3. The molecule has 0 aromatic carbocycles. The maximum atomic E-state index is 3.97. The van der Waals surface area contributed by atoms with Crippen LogP contribution < -0.4 is 0 Å². The molecular formula is C6H15NSi. The van der Waals surface area contributed by atoms with E-state index < -0.39 is 8.07 Å². The molecule has 0 fully saturated rings. The molecule has 0 N–H and O–H groups in total. The van der Waals surface area contributed by atoms with Gasteiger partial charge in [0.15, 0.2) is 0 Å². The van der Waals surface area contributed by atoms with Gasteiger partial charge in [-0.1, -0.05) is 19.6 Å². The highest BCUT2D eigenvalue weighted by atomic mass is 28.3. The maximum Gasteiger partial charge on any atom is 0.0727 e. The Kier molecular flexibility index (Phi) is 2.41. The molecule has 8 heavy (non-hydrogen) atoms. The van der Waals surface area contributed by atoms with Gasteiger partial charge in [0.1, 0.15) is 0 Å². The van der Waals surface area contributed by atoms with Crippen LogP contribution in [-0.2, 0) is 0 Å². The number of rotatable bonds is 2. The predicted octanol–water partition coefficient (Wildman–Crippen LogP) is 1.95. The molecule has 0 saturated carbocycles. The Balaban J connectivity index is 3.80. The molecule has 0 rings (SSSR count). The molecule has 0 bridgehead atoms. The summed E-state index contributed by atoms with van der Waals surface area (Å²) in [7, 11) is -0.990. The molecule has 0 aliphatic carbocycles. The first kappa shape index (κ1) is 7.89. The summed E-state index contributed by atoms with van der Waals surface area (Å²) in [6, 6.07) is 0. The Bertz CT molecular complexity index is 83.0. The molecule has 0 heterocycles. The smallest absolute Gasteiger partial charge is 0.0727 e. The number of nitrogens with zero attached hydrogens (tertiary/aromatic N) is 1. The molecule has 1 unspecified atom stereocenters. The van der Waals surface area contributed by atoms with Crippen LogP contribution in [0.25, 0.3) is 0 Å². The molecule has 48 valence electrons. The predicted molar refractivity (Wildman–Crippen MR) is 42.4 cm³/mol. The highest BCUT2D eigenvalue weighted by Gasteiger charge is 2.19. The Labute approximate surface area is 52.8 Å². The molecule has 0 aromatic heterocycles. The van der Waals surface area contributed by atoms with Gasteiger partial charge in [0.05, 0.1) is 8.07 Å². The van der Waals surface area contributed by atoms with E-state index in [9.17, 15) is 0 Å². The number of aliphatic imine (C=N–C) groups is 1. The first-order valence-corrected chi connectivity index (χ1v) is 6.52. The van der Waals surface area contributed by atoms with Gasteiger partial charge in [-0.25, -0.2) is 0 Å². The van der Waals surface area contributed by atoms with Crippen LogP contribution in [-0.4, -0.2) is 20.5 Å². The molecule has 0 aromatic rings. The second-order valence-electron chi connectivity index (χ2n) is 3.22. The summed E-state index contributed by atoms with van der Waals surface area (Å²) in [6.45, 7) is 12.5. The van der Waals surface area contributed by atoms with Gasteiger partial charge in [-0.2, -0.15) is 0 Å². The molecule has 0 saturated heterocycles. The number of hydrogen-bond acceptors (Lipinski definition) is 1. The fraction of sp³-hybridized carbons (Fsp3) is 0.833. The van der Waals surface area contributed by atoms with Crippen molar-refractivity contribution in [1.29, 1.82) is 0 Å². The monoisotopic (exact) mass is 129 g/mol. The van der Waals surface area contributed by atoms with Crippen molar-refractivity contribution in [3.63, 3.8) is 0 Å². The van der Waals surface area contributed by atoms with Gasteiger partial charge in [-0.15, -0.1) is 0 Å². The van der Waals surface area contributed by atoms with Crippen molar-refractivity contribution in [2.24, 2.45) is 4.99 Å². The van der Waals surface area contributed by atoms with E-state index in [1.54, 1.807) is 0 Å². The van der Waals surface area contributed by atoms with Crippen LogP contribution in [0.5, 0.6) is 0 Å². The first-order valence-electron chi connectivity index (χ1n) is 2.94. The minimum absolute atomic E-state index is 0.502. The zero-order valence-corrected chi connectivity index (χ0v) is 7.23. The van der Waals surface area contributed by atoms with E-state index in [2.05, 4.69) is 38.3 Å². The Hall–Kier alpha value is -0.113. The van der Waals surface area contributed by atoms with Crippen molar-refractivity contribution >= 4 is 14.8 Å². The van der Waals surface area contributed by atoms with E-state index in [1.165, 1.54) is 0 Å². The van der Waals surface area contributed by atoms with E-state index in [-0.39, 0.29) is 0 Å². The second-order valence-corrected chi connectivity index (χ2v) is 8.79. The minimum Gasteiger partial charge on any atom is -0.301 e. The molecule has 0 aliphatic heterocycles. The van der Waals surface area contributed by atoms with Gasteiger partial charge >= 0.3 is 0 Å². The van der Waals surface area contributed by atoms with Crippen molar-refractivity contribution in [2.45, 2.75) is 32.2 Å². The molecule has 0 radical (unpaired) electrons. The summed E-state index contributed by atoms with van der Waals surface area (Å²) in [5.41, 5.74) is 0.502. The van der Waals surface area contributed by atoms with Crippen LogP contribution in [0, 0.1) is 0 Å². The topological polar surface area (TPSA) is 12.4 Å². The van der Waals surface area contributed by atoms with Gasteiger partial charge in [-0.3, -0.25) is 0 Å². The SMILES string of the molecule is C=NC(C)[Si](C)(C)C. The van der Waals surface area contributed by atoms with Crippen molar-refractivity contribution < 1.29 is 0 Å². The van der Waals surface area contributed by atoms with Gasteiger partial charge in [0, 0.05) is 5.67 Å². The Morgan fingerprint density at radius 3 is 1.75 bits per heavy atom. The quantitative estimate of drug-likeness (QED) is 0.399. The minimum atomic E-state index is -0.990. The highest BCUT2D eigenvalue weighted by molar-refractivity contribution is 6.77. The Morgan fingerprint density at radius 2 is 1.75 bits per heavy atom. The number of hydrogen-bond donors (Lipinski definition) is 0. The van der Waals surface area contributed by atoms with Gasteiger partial charge in [0.25, 0.3) is 0 Å². The molecule has 1 atom stereocenters. The van der Waals surface area contributed by atoms with Crippen LogP contribution in [0.4, 0.5) is 0 Å². The van der Waals surface area contributed by atoms with Gasteiger partial charge in [0.2, 0.25) is 0 Å². The van der Waals surface area contributed by atoms with E-state index in [0.717, 1.165) is 0 Å². The lowest BCUT2D eigenvalue weighted by molar-refractivity contribution is 0.984. The maximum absolute atomic E-state index is 3.97. The largest absolute Gasteiger partial charge is 0.301 e. The van der Waals surface area contributed by atoms with E-state index in [0.29, 0.717) is 5.67 Å². The van der Waals surface area contributed by atoms with Crippen molar-refractivity contribution in [2.75, 3.05) is 0 Å². The third-order valence-corrected chi connectivity index (χ3v) is 4.22. The fourth-order valence-corrected chi connectivity index (χ4v) is 0.822. The van der Waals surface area contributed by atoms with Crippen LogP contribution in [0.2, 0.25) is 19.6 Å². The first-order chi connectivity index (χ1) is 3.48. The molecule has 0 spiro atoms. The van der Waals surface area contributed by atoms with Crippen LogP contribution in [0.1, 0.15) is 6.92 Å². The van der Waals surface area contributed by atoms with Crippen molar-refractivity contribution in [1.82, 2.24) is 0 Å². The Morgan fingerprint density at radius 1 is 1.38 bits per heavy atom. The molecule has 0 amide bonds. The second kappa shape index (κ2) is 2.44. The van der Waals surface area contributed by atoms with E-state index in [4.69, 9.17) is 0 Å². The summed E-state index contributed by atoms with van der Waals surface area (Å²) in [5, 5.41) is 0.